The lowest BCUT2D eigenvalue weighted by Gasteiger charge is -2.41. The highest BCUT2D eigenvalue weighted by atomic mass is 15.0. The number of fused-ring (bicyclic) bond motifs is 1. The Bertz CT molecular complexity index is 413. The zero-order valence-corrected chi connectivity index (χ0v) is 10.0. The monoisotopic (exact) mass is 213 g/mol. The van der Waals surface area contributed by atoms with Crippen molar-refractivity contribution in [3.63, 3.8) is 0 Å². The summed E-state index contributed by atoms with van der Waals surface area (Å²) >= 11 is 0. The molecular formula is C15H19N. The highest BCUT2D eigenvalue weighted by molar-refractivity contribution is 5.50. The van der Waals surface area contributed by atoms with Gasteiger partial charge >= 0.3 is 0 Å². The topological polar surface area (TPSA) is 12.0 Å². The number of hydrogen-bond acceptors (Lipinski definition) is 1. The van der Waals surface area contributed by atoms with Crippen molar-refractivity contribution in [3.8, 4) is 0 Å². The predicted molar refractivity (Wildman–Crippen MR) is 68.7 cm³/mol. The summed E-state index contributed by atoms with van der Waals surface area (Å²) in [7, 11) is 0. The lowest BCUT2D eigenvalue weighted by molar-refractivity contribution is 0.218. The van der Waals surface area contributed by atoms with Crippen molar-refractivity contribution in [1.29, 1.82) is 0 Å². The molecule has 0 amide bonds. The van der Waals surface area contributed by atoms with Crippen molar-refractivity contribution in [1.82, 2.24) is 0 Å². The highest BCUT2D eigenvalue weighted by Crippen LogP contribution is 2.44. The Hall–Kier alpha value is -1.24. The van der Waals surface area contributed by atoms with Crippen LogP contribution in [0.1, 0.15) is 24.0 Å². The van der Waals surface area contributed by atoms with Crippen LogP contribution in [0.3, 0.4) is 0 Å². The molecule has 1 aromatic carbocycles. The molecule has 0 saturated heterocycles. The number of allylic oxidation sites excluding steroid dienone is 1. The molecule has 0 radical (unpaired) electrons. The lowest BCUT2D eigenvalue weighted by atomic mass is 9.71. The zero-order chi connectivity index (χ0) is 11.1. The summed E-state index contributed by atoms with van der Waals surface area (Å²) in [5.41, 5.74) is 3.99. The van der Waals surface area contributed by atoms with Gasteiger partial charge in [-0.1, -0.05) is 18.2 Å². The van der Waals surface area contributed by atoms with Gasteiger partial charge < -0.3 is 5.32 Å². The van der Waals surface area contributed by atoms with Crippen LogP contribution in [0.4, 0.5) is 5.69 Å². The van der Waals surface area contributed by atoms with E-state index in [1.807, 2.05) is 0 Å². The fraction of sp³-hybridized carbons (Fsp3) is 0.467. The first kappa shape index (κ1) is 9.95. The average Bonchev–Trinajstić information content (AvgIpc) is 2.55. The first-order valence-electron chi connectivity index (χ1n) is 6.24. The fourth-order valence-corrected chi connectivity index (χ4v) is 3.16. The Kier molecular flexibility index (Phi) is 2.27. The minimum absolute atomic E-state index is 0.671. The van der Waals surface area contributed by atoms with E-state index in [2.05, 4.69) is 49.5 Å². The molecule has 1 N–H and O–H groups in total. The molecule has 0 spiro atoms. The van der Waals surface area contributed by atoms with Crippen molar-refractivity contribution >= 4 is 5.69 Å². The maximum absolute atomic E-state index is 3.68. The molecule has 1 aromatic rings. The van der Waals surface area contributed by atoms with Crippen LogP contribution in [0.15, 0.2) is 30.4 Å². The average molecular weight is 213 g/mol. The standard InChI is InChI=1S/C15H19N/c1-10-6-11(2)8-13(7-10)16-15-9-12-4-3-5-14(12)15/h3,5-8,12,14-16H,4,9H2,1-2H3. The van der Waals surface area contributed by atoms with Gasteiger partial charge in [0.1, 0.15) is 0 Å². The third-order valence-corrected chi connectivity index (χ3v) is 3.94. The largest absolute Gasteiger partial charge is 0.382 e. The molecule has 1 saturated carbocycles. The molecule has 0 aliphatic heterocycles. The summed E-state index contributed by atoms with van der Waals surface area (Å²) in [6.07, 6.45) is 7.38. The van der Waals surface area contributed by atoms with Crippen molar-refractivity contribution < 1.29 is 0 Å². The van der Waals surface area contributed by atoms with Gasteiger partial charge in [0.15, 0.2) is 0 Å². The summed E-state index contributed by atoms with van der Waals surface area (Å²) in [4.78, 5) is 0. The maximum Gasteiger partial charge on any atom is 0.0347 e. The van der Waals surface area contributed by atoms with Gasteiger partial charge in [-0.2, -0.15) is 0 Å². The summed E-state index contributed by atoms with van der Waals surface area (Å²) in [5.74, 6) is 1.73. The highest BCUT2D eigenvalue weighted by Gasteiger charge is 2.40. The van der Waals surface area contributed by atoms with Crippen molar-refractivity contribution in [2.75, 3.05) is 5.32 Å². The van der Waals surface area contributed by atoms with Crippen LogP contribution < -0.4 is 5.32 Å². The smallest absolute Gasteiger partial charge is 0.0347 e. The molecule has 3 atom stereocenters. The van der Waals surface area contributed by atoms with Gasteiger partial charge in [-0.15, -0.1) is 0 Å². The minimum atomic E-state index is 0.671. The van der Waals surface area contributed by atoms with Crippen molar-refractivity contribution in [2.45, 2.75) is 32.7 Å². The normalized spacial score (nSPS) is 31.0. The first-order chi connectivity index (χ1) is 7.72. The minimum Gasteiger partial charge on any atom is -0.382 e. The van der Waals surface area contributed by atoms with Gasteiger partial charge in [0.05, 0.1) is 0 Å². The van der Waals surface area contributed by atoms with Gasteiger partial charge in [-0.05, 0) is 55.9 Å². The second-order valence-corrected chi connectivity index (χ2v) is 5.36. The van der Waals surface area contributed by atoms with Crippen LogP contribution >= 0.6 is 0 Å². The summed E-state index contributed by atoms with van der Waals surface area (Å²) in [6, 6.07) is 7.40. The fourth-order valence-electron chi connectivity index (χ4n) is 3.16. The zero-order valence-electron chi connectivity index (χ0n) is 10.0. The van der Waals surface area contributed by atoms with Gasteiger partial charge in [0.2, 0.25) is 0 Å². The first-order valence-corrected chi connectivity index (χ1v) is 6.24. The molecule has 2 aliphatic carbocycles. The van der Waals surface area contributed by atoms with Crippen LogP contribution in [-0.4, -0.2) is 6.04 Å². The van der Waals surface area contributed by atoms with Gasteiger partial charge in [-0.25, -0.2) is 0 Å². The van der Waals surface area contributed by atoms with Gasteiger partial charge in [-0.3, -0.25) is 0 Å². The van der Waals surface area contributed by atoms with E-state index in [9.17, 15) is 0 Å². The van der Waals surface area contributed by atoms with E-state index in [4.69, 9.17) is 0 Å². The molecule has 84 valence electrons. The van der Waals surface area contributed by atoms with Gasteiger partial charge in [0.25, 0.3) is 0 Å². The van der Waals surface area contributed by atoms with Crippen LogP contribution in [-0.2, 0) is 0 Å². The molecule has 3 unspecified atom stereocenters. The van der Waals surface area contributed by atoms with E-state index in [1.54, 1.807) is 0 Å². The lowest BCUT2D eigenvalue weighted by Crippen LogP contribution is -2.43. The van der Waals surface area contributed by atoms with Crippen LogP contribution in [0.2, 0.25) is 0 Å². The number of anilines is 1. The molecule has 16 heavy (non-hydrogen) atoms. The van der Waals surface area contributed by atoms with Crippen molar-refractivity contribution in [2.24, 2.45) is 11.8 Å². The van der Waals surface area contributed by atoms with Crippen LogP contribution in [0.25, 0.3) is 0 Å². The molecule has 1 fully saturated rings. The van der Waals surface area contributed by atoms with E-state index in [-0.39, 0.29) is 0 Å². The molecular weight excluding hydrogens is 194 g/mol. The Morgan fingerprint density at radius 1 is 1.12 bits per heavy atom. The quantitative estimate of drug-likeness (QED) is 0.739. The Morgan fingerprint density at radius 3 is 2.56 bits per heavy atom. The SMILES string of the molecule is Cc1cc(C)cc(NC2CC3CC=CC32)c1. The van der Waals surface area contributed by atoms with E-state index >= 15 is 0 Å². The second kappa shape index (κ2) is 3.65. The van der Waals surface area contributed by atoms with E-state index in [1.165, 1.54) is 29.7 Å². The van der Waals surface area contributed by atoms with Gasteiger partial charge in [0, 0.05) is 17.6 Å². The number of benzene rings is 1. The predicted octanol–water partition coefficient (Wildman–Crippen LogP) is 3.68. The molecule has 0 aromatic heterocycles. The number of nitrogens with one attached hydrogen (secondary N) is 1. The third kappa shape index (κ3) is 1.64. The molecule has 0 bridgehead atoms. The van der Waals surface area contributed by atoms with E-state index < -0.39 is 0 Å². The maximum atomic E-state index is 3.68. The van der Waals surface area contributed by atoms with E-state index in [0.29, 0.717) is 6.04 Å². The van der Waals surface area contributed by atoms with Crippen LogP contribution in [0, 0.1) is 25.7 Å². The second-order valence-electron chi connectivity index (χ2n) is 5.36. The van der Waals surface area contributed by atoms with E-state index in [0.717, 1.165) is 11.8 Å². The summed E-state index contributed by atoms with van der Waals surface area (Å²) < 4.78 is 0. The number of aryl methyl sites for hydroxylation is 2. The Balaban J connectivity index is 1.72. The Labute approximate surface area is 97.6 Å². The molecule has 2 aliphatic rings. The Morgan fingerprint density at radius 2 is 1.88 bits per heavy atom. The van der Waals surface area contributed by atoms with Crippen LogP contribution in [0.5, 0.6) is 0 Å². The number of rotatable bonds is 2. The molecule has 1 nitrogen and oxygen atoms in total. The molecule has 1 heteroatoms. The molecule has 0 heterocycles. The third-order valence-electron chi connectivity index (χ3n) is 3.94. The van der Waals surface area contributed by atoms with Crippen molar-refractivity contribution in [3.05, 3.63) is 41.5 Å². The molecule has 3 rings (SSSR count). The summed E-state index contributed by atoms with van der Waals surface area (Å²) in [6.45, 7) is 4.33. The summed E-state index contributed by atoms with van der Waals surface area (Å²) in [5, 5.41) is 3.68. The number of hydrogen-bond donors (Lipinski definition) is 1.